The van der Waals surface area contributed by atoms with Gasteiger partial charge in [-0.05, 0) is 76.3 Å². The van der Waals surface area contributed by atoms with Crippen LogP contribution in [0.4, 0.5) is 4.79 Å². The third kappa shape index (κ3) is 5.22. The number of imidazole rings is 1. The molecule has 3 heterocycles. The summed E-state index contributed by atoms with van der Waals surface area (Å²) in [5.41, 5.74) is 1.06. The highest BCUT2D eigenvalue weighted by molar-refractivity contribution is 6.44. The smallest absolute Gasteiger partial charge is 0.410 e. The Morgan fingerprint density at radius 1 is 1.14 bits per heavy atom. The van der Waals surface area contributed by atoms with Crippen LogP contribution < -0.4 is 4.74 Å². The normalized spacial score (nSPS) is 16.9. The number of likely N-dealkylation sites (tertiary alicyclic amines) is 1. The lowest BCUT2D eigenvalue weighted by Gasteiger charge is -2.39. The van der Waals surface area contributed by atoms with Crippen LogP contribution in [0.3, 0.4) is 0 Å². The Morgan fingerprint density at radius 2 is 1.83 bits per heavy atom. The summed E-state index contributed by atoms with van der Waals surface area (Å²) >= 11 is 12.7. The standard InChI is InChI=1S/C26H31Cl2N3O4/c1-25(2,3)35-24(32)30-12-9-17(10-13-30)26(4,33)20-15-31-11-8-16(14-21(31)29-20)22-19(34-5)7-6-18(27)23(22)28/h6-8,11,14-15,17,33H,9-10,12-13H2,1-5H3. The molecular formula is C26H31Cl2N3O4. The molecule has 0 spiro atoms. The first-order valence-corrected chi connectivity index (χ1v) is 12.4. The van der Waals surface area contributed by atoms with Gasteiger partial charge in [-0.1, -0.05) is 23.2 Å². The van der Waals surface area contributed by atoms with Crippen molar-refractivity contribution >= 4 is 34.9 Å². The van der Waals surface area contributed by atoms with E-state index < -0.39 is 11.2 Å². The third-order valence-corrected chi connectivity index (χ3v) is 7.29. The molecule has 9 heteroatoms. The maximum Gasteiger partial charge on any atom is 0.410 e. The Kier molecular flexibility index (Phi) is 6.97. The number of amides is 1. The molecule has 2 aromatic heterocycles. The molecule has 7 nitrogen and oxygen atoms in total. The van der Waals surface area contributed by atoms with Crippen LogP contribution in [-0.2, 0) is 10.3 Å². The van der Waals surface area contributed by atoms with Gasteiger partial charge in [0.05, 0.1) is 22.8 Å². The molecule has 1 aliphatic rings. The Labute approximate surface area is 215 Å². The minimum absolute atomic E-state index is 0.0481. The molecule has 0 saturated carbocycles. The summed E-state index contributed by atoms with van der Waals surface area (Å²) < 4.78 is 12.8. The van der Waals surface area contributed by atoms with Gasteiger partial charge in [0.1, 0.15) is 22.6 Å². The average molecular weight is 520 g/mol. The molecule has 1 aromatic carbocycles. The maximum absolute atomic E-state index is 12.4. The van der Waals surface area contributed by atoms with Gasteiger partial charge in [-0.15, -0.1) is 0 Å². The molecule has 1 amide bonds. The average Bonchev–Trinajstić information content (AvgIpc) is 3.24. The van der Waals surface area contributed by atoms with Crippen LogP contribution in [0, 0.1) is 5.92 Å². The van der Waals surface area contributed by atoms with Crippen molar-refractivity contribution in [3.05, 3.63) is 52.4 Å². The van der Waals surface area contributed by atoms with Crippen LogP contribution in [0.5, 0.6) is 5.75 Å². The highest BCUT2D eigenvalue weighted by atomic mass is 35.5. The third-order valence-electron chi connectivity index (χ3n) is 6.49. The van der Waals surface area contributed by atoms with Crippen LogP contribution in [-0.4, -0.2) is 51.3 Å². The second-order valence-corrected chi connectivity index (χ2v) is 10.9. The number of methoxy groups -OCH3 is 1. The summed E-state index contributed by atoms with van der Waals surface area (Å²) in [7, 11) is 1.58. The lowest BCUT2D eigenvalue weighted by atomic mass is 9.80. The molecular weight excluding hydrogens is 489 g/mol. The largest absolute Gasteiger partial charge is 0.496 e. The van der Waals surface area contributed by atoms with Crippen molar-refractivity contribution in [1.29, 1.82) is 0 Å². The van der Waals surface area contributed by atoms with Crippen molar-refractivity contribution in [2.75, 3.05) is 20.2 Å². The van der Waals surface area contributed by atoms with Crippen molar-refractivity contribution in [1.82, 2.24) is 14.3 Å². The number of aliphatic hydroxyl groups is 1. The molecule has 1 unspecified atom stereocenters. The second kappa shape index (κ2) is 9.52. The fourth-order valence-corrected chi connectivity index (χ4v) is 4.94. The predicted octanol–water partition coefficient (Wildman–Crippen LogP) is 6.17. The summed E-state index contributed by atoms with van der Waals surface area (Å²) in [5, 5.41) is 12.3. The quantitative estimate of drug-likeness (QED) is 0.445. The predicted molar refractivity (Wildman–Crippen MR) is 137 cm³/mol. The first kappa shape index (κ1) is 25.6. The van der Waals surface area contributed by atoms with Crippen molar-refractivity contribution in [2.45, 2.75) is 51.7 Å². The Morgan fingerprint density at radius 3 is 2.46 bits per heavy atom. The molecule has 1 aliphatic heterocycles. The van der Waals surface area contributed by atoms with E-state index in [9.17, 15) is 9.90 Å². The highest BCUT2D eigenvalue weighted by Gasteiger charge is 2.39. The summed E-state index contributed by atoms with van der Waals surface area (Å²) in [4.78, 5) is 18.8. The van der Waals surface area contributed by atoms with Gasteiger partial charge in [0.25, 0.3) is 0 Å². The zero-order chi connectivity index (χ0) is 25.5. The van der Waals surface area contributed by atoms with Gasteiger partial charge in [0, 0.05) is 31.0 Å². The van der Waals surface area contributed by atoms with E-state index in [1.54, 1.807) is 31.1 Å². The summed E-state index contributed by atoms with van der Waals surface area (Å²) in [5.74, 6) is 0.562. The minimum atomic E-state index is -1.16. The number of carbonyl (C=O) groups is 1. The van der Waals surface area contributed by atoms with E-state index in [1.807, 2.05) is 49.7 Å². The minimum Gasteiger partial charge on any atom is -0.496 e. The number of rotatable bonds is 4. The number of hydrogen-bond donors (Lipinski definition) is 1. The number of hydrogen-bond acceptors (Lipinski definition) is 5. The monoisotopic (exact) mass is 519 g/mol. The first-order valence-electron chi connectivity index (χ1n) is 11.6. The Bertz CT molecular complexity index is 1240. The van der Waals surface area contributed by atoms with Crippen LogP contribution >= 0.6 is 23.2 Å². The molecule has 1 fully saturated rings. The molecule has 0 bridgehead atoms. The number of halogens is 2. The van der Waals surface area contributed by atoms with Crippen molar-refractivity contribution in [2.24, 2.45) is 5.92 Å². The topological polar surface area (TPSA) is 76.3 Å². The van der Waals surface area contributed by atoms with E-state index in [1.165, 1.54) is 0 Å². The van der Waals surface area contributed by atoms with E-state index in [4.69, 9.17) is 37.7 Å². The summed E-state index contributed by atoms with van der Waals surface area (Å²) in [6, 6.07) is 7.28. The first-order chi connectivity index (χ1) is 16.4. The number of pyridine rings is 1. The van der Waals surface area contributed by atoms with Gasteiger partial charge in [-0.3, -0.25) is 0 Å². The number of benzene rings is 1. The maximum atomic E-state index is 12.4. The van der Waals surface area contributed by atoms with Crippen molar-refractivity contribution in [3.63, 3.8) is 0 Å². The lowest BCUT2D eigenvalue weighted by Crippen LogP contribution is -2.46. The van der Waals surface area contributed by atoms with E-state index >= 15 is 0 Å². The highest BCUT2D eigenvalue weighted by Crippen LogP contribution is 2.41. The number of fused-ring (bicyclic) bond motifs is 1. The molecule has 4 rings (SSSR count). The number of aromatic nitrogens is 2. The van der Waals surface area contributed by atoms with Gasteiger partial charge in [0.2, 0.25) is 0 Å². The Balaban J connectivity index is 1.56. The van der Waals surface area contributed by atoms with Crippen LogP contribution in [0.25, 0.3) is 16.8 Å². The van der Waals surface area contributed by atoms with E-state index in [0.717, 1.165) is 5.56 Å². The van der Waals surface area contributed by atoms with E-state index in [0.29, 0.717) is 58.6 Å². The van der Waals surface area contributed by atoms with Crippen LogP contribution in [0.1, 0.15) is 46.2 Å². The molecule has 1 N–H and O–H groups in total. The molecule has 188 valence electrons. The molecule has 35 heavy (non-hydrogen) atoms. The van der Waals surface area contributed by atoms with Crippen molar-refractivity contribution in [3.8, 4) is 16.9 Å². The number of carbonyl (C=O) groups excluding carboxylic acids is 1. The molecule has 3 aromatic rings. The fourth-order valence-electron chi connectivity index (χ4n) is 4.51. The van der Waals surface area contributed by atoms with Gasteiger partial charge in [0.15, 0.2) is 0 Å². The number of piperidine rings is 1. The summed E-state index contributed by atoms with van der Waals surface area (Å²) in [6.45, 7) is 8.41. The molecule has 0 radical (unpaired) electrons. The van der Waals surface area contributed by atoms with Gasteiger partial charge < -0.3 is 23.9 Å². The SMILES string of the molecule is COc1ccc(Cl)c(Cl)c1-c1ccn2cc(C(C)(O)C3CCN(C(=O)OC(C)(C)C)CC3)nc2c1. The Hall–Kier alpha value is -2.48. The fraction of sp³-hybridized carbons (Fsp3) is 0.462. The van der Waals surface area contributed by atoms with Crippen LogP contribution in [0.2, 0.25) is 10.0 Å². The van der Waals surface area contributed by atoms with Gasteiger partial charge in [-0.25, -0.2) is 9.78 Å². The number of ether oxygens (including phenoxy) is 2. The molecule has 1 atom stereocenters. The van der Waals surface area contributed by atoms with Gasteiger partial charge >= 0.3 is 6.09 Å². The van der Waals surface area contributed by atoms with Crippen molar-refractivity contribution < 1.29 is 19.4 Å². The second-order valence-electron chi connectivity index (χ2n) is 10.1. The van der Waals surface area contributed by atoms with Gasteiger partial charge in [-0.2, -0.15) is 0 Å². The molecule has 1 saturated heterocycles. The number of nitrogens with zero attached hydrogens (tertiary/aromatic N) is 3. The molecule has 0 aliphatic carbocycles. The van der Waals surface area contributed by atoms with E-state index in [-0.39, 0.29) is 12.0 Å². The van der Waals surface area contributed by atoms with Crippen LogP contribution in [0.15, 0.2) is 36.7 Å². The summed E-state index contributed by atoms with van der Waals surface area (Å²) in [6.07, 6.45) is 4.71. The zero-order valence-corrected chi connectivity index (χ0v) is 22.2. The zero-order valence-electron chi connectivity index (χ0n) is 20.6. The van der Waals surface area contributed by atoms with E-state index in [2.05, 4.69) is 0 Å². The lowest BCUT2D eigenvalue weighted by molar-refractivity contribution is -0.0408.